The van der Waals surface area contributed by atoms with Crippen LogP contribution in [0.2, 0.25) is 5.02 Å². The van der Waals surface area contributed by atoms with Crippen molar-refractivity contribution in [2.75, 3.05) is 0 Å². The van der Waals surface area contributed by atoms with Crippen LogP contribution < -0.4 is 5.32 Å². The molecule has 0 saturated heterocycles. The Morgan fingerprint density at radius 3 is 2.63 bits per heavy atom. The number of halogens is 1. The van der Waals surface area contributed by atoms with Crippen LogP contribution in [0.1, 0.15) is 57.8 Å². The average molecular weight is 284 g/mol. The van der Waals surface area contributed by atoms with Crippen LogP contribution in [0.4, 0.5) is 0 Å². The molecule has 108 valence electrons. The monoisotopic (exact) mass is 283 g/mol. The van der Waals surface area contributed by atoms with Gasteiger partial charge in [-0.3, -0.25) is 4.68 Å². The van der Waals surface area contributed by atoms with Crippen molar-refractivity contribution in [2.24, 2.45) is 5.92 Å². The van der Waals surface area contributed by atoms with E-state index >= 15 is 0 Å². The zero-order chi connectivity index (χ0) is 13.8. The largest absolute Gasteiger partial charge is 0.308 e. The maximum absolute atomic E-state index is 6.43. The first-order valence-corrected chi connectivity index (χ1v) is 8.04. The molecule has 1 saturated carbocycles. The van der Waals surface area contributed by atoms with Gasteiger partial charge in [0.15, 0.2) is 0 Å². The molecule has 1 atom stereocenters. The summed E-state index contributed by atoms with van der Waals surface area (Å²) in [7, 11) is 0. The summed E-state index contributed by atoms with van der Waals surface area (Å²) in [5, 5.41) is 9.09. The lowest BCUT2D eigenvalue weighted by Crippen LogP contribution is -2.29. The lowest BCUT2D eigenvalue weighted by Gasteiger charge is -2.17. The van der Waals surface area contributed by atoms with Crippen molar-refractivity contribution in [1.82, 2.24) is 15.1 Å². The molecule has 1 unspecified atom stereocenters. The Kier molecular flexibility index (Phi) is 5.28. The summed E-state index contributed by atoms with van der Waals surface area (Å²) in [6, 6.07) is 0.619. The summed E-state index contributed by atoms with van der Waals surface area (Å²) in [5.41, 5.74) is 2.17. The molecule has 1 N–H and O–H groups in total. The quantitative estimate of drug-likeness (QED) is 0.787. The van der Waals surface area contributed by atoms with Crippen LogP contribution in [0.3, 0.4) is 0 Å². The van der Waals surface area contributed by atoms with E-state index in [4.69, 9.17) is 11.6 Å². The van der Waals surface area contributed by atoms with E-state index in [0.29, 0.717) is 6.04 Å². The molecule has 1 aromatic heterocycles. The van der Waals surface area contributed by atoms with Gasteiger partial charge in [-0.2, -0.15) is 5.10 Å². The molecule has 0 radical (unpaired) electrons. The molecule has 1 aliphatic rings. The van der Waals surface area contributed by atoms with Crippen LogP contribution in [0.25, 0.3) is 0 Å². The molecule has 4 heteroatoms. The van der Waals surface area contributed by atoms with Crippen molar-refractivity contribution < 1.29 is 0 Å². The van der Waals surface area contributed by atoms with Gasteiger partial charge in [-0.15, -0.1) is 0 Å². The Labute approximate surface area is 121 Å². The number of aryl methyl sites for hydroxylation is 2. The van der Waals surface area contributed by atoms with Crippen molar-refractivity contribution in [1.29, 1.82) is 0 Å². The van der Waals surface area contributed by atoms with Crippen molar-refractivity contribution >= 4 is 11.6 Å². The minimum absolute atomic E-state index is 0.619. The van der Waals surface area contributed by atoms with E-state index in [1.807, 2.05) is 4.68 Å². The van der Waals surface area contributed by atoms with E-state index in [1.165, 1.54) is 25.7 Å². The van der Waals surface area contributed by atoms with Crippen molar-refractivity contribution in [2.45, 2.75) is 72.0 Å². The molecular weight excluding hydrogens is 258 g/mol. The van der Waals surface area contributed by atoms with Crippen molar-refractivity contribution in [3.05, 3.63) is 16.4 Å². The number of nitrogens with zero attached hydrogens (tertiary/aromatic N) is 2. The number of rotatable bonds is 8. The van der Waals surface area contributed by atoms with Crippen LogP contribution in [0.5, 0.6) is 0 Å². The van der Waals surface area contributed by atoms with Gasteiger partial charge in [0.25, 0.3) is 0 Å². The average Bonchev–Trinajstić information content (AvgIpc) is 3.19. The van der Waals surface area contributed by atoms with Gasteiger partial charge in [0.1, 0.15) is 0 Å². The minimum Gasteiger partial charge on any atom is -0.308 e. The van der Waals surface area contributed by atoms with E-state index in [-0.39, 0.29) is 0 Å². The highest BCUT2D eigenvalue weighted by Crippen LogP contribution is 2.34. The Balaban J connectivity index is 1.98. The predicted molar refractivity (Wildman–Crippen MR) is 80.5 cm³/mol. The van der Waals surface area contributed by atoms with E-state index in [2.05, 4.69) is 31.2 Å². The fourth-order valence-electron chi connectivity index (χ4n) is 2.58. The van der Waals surface area contributed by atoms with Crippen molar-refractivity contribution in [3.8, 4) is 0 Å². The van der Waals surface area contributed by atoms with Crippen molar-refractivity contribution in [3.63, 3.8) is 0 Å². The summed E-state index contributed by atoms with van der Waals surface area (Å²) in [6.07, 6.45) is 6.25. The first-order chi connectivity index (χ1) is 9.19. The zero-order valence-electron chi connectivity index (χ0n) is 12.4. The van der Waals surface area contributed by atoms with E-state index < -0.39 is 0 Å². The SMILES string of the molecule is CCc1nn(CC)c(CNC(CC)CC2CC2)c1Cl. The molecule has 3 nitrogen and oxygen atoms in total. The molecule has 0 spiro atoms. The molecule has 1 aliphatic carbocycles. The summed E-state index contributed by atoms with van der Waals surface area (Å²) in [4.78, 5) is 0. The first kappa shape index (κ1) is 14.9. The lowest BCUT2D eigenvalue weighted by atomic mass is 10.1. The van der Waals surface area contributed by atoms with E-state index in [0.717, 1.165) is 41.8 Å². The van der Waals surface area contributed by atoms with Gasteiger partial charge >= 0.3 is 0 Å². The first-order valence-electron chi connectivity index (χ1n) is 7.66. The standard InChI is InChI=1S/C15H26ClN3/c1-4-12(9-11-7-8-11)17-10-14-15(16)13(5-2)18-19(14)6-3/h11-12,17H,4-10H2,1-3H3. The number of hydrogen-bond donors (Lipinski definition) is 1. The highest BCUT2D eigenvalue weighted by Gasteiger charge is 2.25. The Morgan fingerprint density at radius 1 is 1.37 bits per heavy atom. The summed E-state index contributed by atoms with van der Waals surface area (Å²) >= 11 is 6.43. The smallest absolute Gasteiger partial charge is 0.0863 e. The molecule has 1 heterocycles. The molecule has 0 aliphatic heterocycles. The minimum atomic E-state index is 0.619. The second-order valence-corrected chi connectivity index (χ2v) is 5.92. The summed E-state index contributed by atoms with van der Waals surface area (Å²) < 4.78 is 2.04. The van der Waals surface area contributed by atoms with E-state index in [9.17, 15) is 0 Å². The highest BCUT2D eigenvalue weighted by molar-refractivity contribution is 6.31. The molecular formula is C15H26ClN3. The van der Waals surface area contributed by atoms with Gasteiger partial charge in [0.05, 0.1) is 16.4 Å². The number of hydrogen-bond acceptors (Lipinski definition) is 2. The molecule has 2 rings (SSSR count). The molecule has 1 fully saturated rings. The van der Waals surface area contributed by atoms with Gasteiger partial charge in [-0.05, 0) is 32.1 Å². The lowest BCUT2D eigenvalue weighted by molar-refractivity contribution is 0.434. The molecule has 0 bridgehead atoms. The fourth-order valence-corrected chi connectivity index (χ4v) is 2.91. The van der Waals surface area contributed by atoms with Crippen LogP contribution in [0.15, 0.2) is 0 Å². The van der Waals surface area contributed by atoms with Gasteiger partial charge in [-0.1, -0.05) is 38.3 Å². The Morgan fingerprint density at radius 2 is 2.11 bits per heavy atom. The second-order valence-electron chi connectivity index (χ2n) is 5.54. The zero-order valence-corrected chi connectivity index (χ0v) is 13.1. The van der Waals surface area contributed by atoms with Gasteiger partial charge < -0.3 is 5.32 Å². The number of nitrogens with one attached hydrogen (secondary N) is 1. The van der Waals surface area contributed by atoms with Crippen LogP contribution >= 0.6 is 11.6 Å². The summed E-state index contributed by atoms with van der Waals surface area (Å²) in [6.45, 7) is 8.21. The molecule has 19 heavy (non-hydrogen) atoms. The second kappa shape index (κ2) is 6.76. The predicted octanol–water partition coefficient (Wildman–Crippen LogP) is 3.79. The van der Waals surface area contributed by atoms with Gasteiger partial charge in [-0.25, -0.2) is 0 Å². The molecule has 0 aromatic carbocycles. The molecule has 1 aromatic rings. The Bertz CT molecular complexity index is 410. The van der Waals surface area contributed by atoms with E-state index in [1.54, 1.807) is 0 Å². The third-order valence-electron chi connectivity index (χ3n) is 4.06. The maximum Gasteiger partial charge on any atom is 0.0863 e. The van der Waals surface area contributed by atoms with Gasteiger partial charge in [0.2, 0.25) is 0 Å². The van der Waals surface area contributed by atoms with Crippen LogP contribution in [-0.4, -0.2) is 15.8 Å². The molecule has 0 amide bonds. The van der Waals surface area contributed by atoms with Crippen LogP contribution in [-0.2, 0) is 19.5 Å². The van der Waals surface area contributed by atoms with Gasteiger partial charge in [0, 0.05) is 19.1 Å². The highest BCUT2D eigenvalue weighted by atomic mass is 35.5. The third-order valence-corrected chi connectivity index (χ3v) is 4.50. The maximum atomic E-state index is 6.43. The normalized spacial score (nSPS) is 16.8. The fraction of sp³-hybridized carbons (Fsp3) is 0.800. The third kappa shape index (κ3) is 3.73. The number of aromatic nitrogens is 2. The Hall–Kier alpha value is -0.540. The topological polar surface area (TPSA) is 29.9 Å². The van der Waals surface area contributed by atoms with Crippen LogP contribution in [0, 0.1) is 5.92 Å². The summed E-state index contributed by atoms with van der Waals surface area (Å²) in [5.74, 6) is 0.968.